The zero-order valence-electron chi connectivity index (χ0n) is 30.5. The van der Waals surface area contributed by atoms with Crippen LogP contribution >= 0.6 is 0 Å². The highest BCUT2D eigenvalue weighted by molar-refractivity contribution is 5.33. The van der Waals surface area contributed by atoms with E-state index in [4.69, 9.17) is 0 Å². The fourth-order valence-corrected chi connectivity index (χ4v) is 11.3. The van der Waals surface area contributed by atoms with E-state index in [0.717, 1.165) is 47.3 Å². The van der Waals surface area contributed by atoms with Crippen LogP contribution in [0.2, 0.25) is 0 Å². The molecule has 4 fully saturated rings. The Bertz CT molecular complexity index is 1030. The Morgan fingerprint density at radius 1 is 0.413 bits per heavy atom. The van der Waals surface area contributed by atoms with E-state index in [0.29, 0.717) is 11.8 Å². The van der Waals surface area contributed by atoms with Gasteiger partial charge in [0.25, 0.3) is 0 Å². The molecule has 0 radical (unpaired) electrons. The Hall–Kier alpha value is -1.56. The van der Waals surface area contributed by atoms with E-state index >= 15 is 0 Å². The maximum atomic E-state index is 2.50. The highest BCUT2D eigenvalue weighted by atomic mass is 14.4. The van der Waals surface area contributed by atoms with E-state index < -0.39 is 0 Å². The summed E-state index contributed by atoms with van der Waals surface area (Å²) in [6.45, 7) is 9.63. The Balaban J connectivity index is 0.947. The largest absolute Gasteiger partial charge is 0.0654 e. The van der Waals surface area contributed by atoms with Crippen LogP contribution < -0.4 is 0 Å². The lowest BCUT2D eigenvalue weighted by Gasteiger charge is -2.38. The Morgan fingerprint density at radius 3 is 0.978 bits per heavy atom. The van der Waals surface area contributed by atoms with Crippen molar-refractivity contribution in [1.29, 1.82) is 0 Å². The first-order chi connectivity index (χ1) is 22.5. The van der Waals surface area contributed by atoms with E-state index in [9.17, 15) is 0 Å². The minimum atomic E-state index is 0.543. The second kappa shape index (κ2) is 16.7. The number of benzene rings is 2. The number of hydrogen-bond donors (Lipinski definition) is 0. The summed E-state index contributed by atoms with van der Waals surface area (Å²) in [6, 6.07) is 19.9. The van der Waals surface area contributed by atoms with E-state index in [2.05, 4.69) is 76.2 Å². The summed E-state index contributed by atoms with van der Waals surface area (Å²) in [7, 11) is 0. The van der Waals surface area contributed by atoms with Crippen LogP contribution in [0.3, 0.4) is 0 Å². The molecule has 4 aliphatic rings. The van der Waals surface area contributed by atoms with Crippen LogP contribution in [0, 0.1) is 35.5 Å². The third-order valence-electron chi connectivity index (χ3n) is 14.7. The van der Waals surface area contributed by atoms with Gasteiger partial charge in [-0.25, -0.2) is 0 Å². The quantitative estimate of drug-likeness (QED) is 0.234. The molecule has 0 aliphatic heterocycles. The van der Waals surface area contributed by atoms with Crippen LogP contribution in [0.4, 0.5) is 0 Å². The first-order valence-electron chi connectivity index (χ1n) is 20.7. The fraction of sp³-hybridized carbons (Fsp3) is 0.739. The van der Waals surface area contributed by atoms with Crippen LogP contribution in [-0.2, 0) is 0 Å². The van der Waals surface area contributed by atoms with Gasteiger partial charge in [-0.2, -0.15) is 0 Å². The van der Waals surface area contributed by atoms with Crippen molar-refractivity contribution in [3.05, 3.63) is 70.8 Å². The lowest BCUT2D eigenvalue weighted by atomic mass is 9.68. The average molecular weight is 623 g/mol. The Morgan fingerprint density at radius 2 is 0.696 bits per heavy atom. The number of rotatable bonds is 11. The zero-order valence-corrected chi connectivity index (χ0v) is 30.5. The van der Waals surface area contributed by atoms with Gasteiger partial charge in [0.1, 0.15) is 0 Å². The first kappa shape index (κ1) is 34.3. The minimum absolute atomic E-state index is 0.543. The number of hydrogen-bond acceptors (Lipinski definition) is 0. The molecular formula is C46H70. The van der Waals surface area contributed by atoms with Crippen LogP contribution in [0.25, 0.3) is 0 Å². The molecule has 2 aromatic rings. The van der Waals surface area contributed by atoms with E-state index in [1.54, 1.807) is 11.1 Å². The van der Waals surface area contributed by atoms with Gasteiger partial charge in [-0.1, -0.05) is 128 Å². The summed E-state index contributed by atoms with van der Waals surface area (Å²) in [5.74, 6) is 8.85. The van der Waals surface area contributed by atoms with Gasteiger partial charge in [0.2, 0.25) is 0 Å². The monoisotopic (exact) mass is 623 g/mol. The van der Waals surface area contributed by atoms with Gasteiger partial charge < -0.3 is 0 Å². The predicted octanol–water partition coefficient (Wildman–Crippen LogP) is 14.4. The van der Waals surface area contributed by atoms with Crippen molar-refractivity contribution in [3.8, 4) is 0 Å². The molecular weight excluding hydrogens is 553 g/mol. The molecule has 46 heavy (non-hydrogen) atoms. The van der Waals surface area contributed by atoms with Crippen molar-refractivity contribution in [2.75, 3.05) is 0 Å². The molecule has 0 heterocycles. The molecule has 4 saturated carbocycles. The van der Waals surface area contributed by atoms with E-state index in [-0.39, 0.29) is 0 Å². The smallest absolute Gasteiger partial charge is 0.0124 e. The molecule has 2 atom stereocenters. The molecule has 0 heteroatoms. The van der Waals surface area contributed by atoms with Gasteiger partial charge in [0, 0.05) is 0 Å². The SMILES string of the molecule is CCCC1CCC(C2CCC(c3ccc(C(C)C(C)c4ccc(C5CCC(C6CCC(CCC)CC6)CC5)cc4)cc3)CC2)CC1. The lowest BCUT2D eigenvalue weighted by molar-refractivity contribution is 0.156. The Kier molecular flexibility index (Phi) is 12.5. The van der Waals surface area contributed by atoms with Crippen molar-refractivity contribution >= 4 is 0 Å². The predicted molar refractivity (Wildman–Crippen MR) is 200 cm³/mol. The van der Waals surface area contributed by atoms with Crippen LogP contribution in [0.1, 0.15) is 202 Å². The average Bonchev–Trinajstić information content (AvgIpc) is 3.12. The summed E-state index contributed by atoms with van der Waals surface area (Å²) < 4.78 is 0. The first-order valence-corrected chi connectivity index (χ1v) is 20.7. The van der Waals surface area contributed by atoms with Crippen molar-refractivity contribution in [1.82, 2.24) is 0 Å². The molecule has 0 aromatic heterocycles. The molecule has 4 aliphatic carbocycles. The standard InChI is InChI=1S/C46H70/c1-5-7-35-9-13-39(14-10-35)43-25-29-45(30-26-43)41-21-17-37(18-22-41)33(3)34(4)38-19-23-42(24-20-38)46-31-27-44(28-32-46)40-15-11-36(8-6-2)12-16-40/h17-24,33-36,39-40,43-46H,5-16,25-32H2,1-4H3. The van der Waals surface area contributed by atoms with Gasteiger partial charge in [-0.05, 0) is 158 Å². The normalized spacial score (nSPS) is 33.7. The van der Waals surface area contributed by atoms with Gasteiger partial charge in [-0.3, -0.25) is 0 Å². The van der Waals surface area contributed by atoms with Gasteiger partial charge in [-0.15, -0.1) is 0 Å². The summed E-state index contributed by atoms with van der Waals surface area (Å²) in [5.41, 5.74) is 6.24. The lowest BCUT2D eigenvalue weighted by Crippen LogP contribution is -2.25. The van der Waals surface area contributed by atoms with Crippen LogP contribution in [-0.4, -0.2) is 0 Å². The van der Waals surface area contributed by atoms with Crippen molar-refractivity contribution in [2.45, 2.75) is 180 Å². The highest BCUT2D eigenvalue weighted by Crippen LogP contribution is 2.46. The summed E-state index contributed by atoms with van der Waals surface area (Å²) in [5, 5.41) is 0. The third-order valence-corrected chi connectivity index (χ3v) is 14.7. The maximum Gasteiger partial charge on any atom is -0.0124 e. The fourth-order valence-electron chi connectivity index (χ4n) is 11.3. The minimum Gasteiger partial charge on any atom is -0.0654 e. The second-order valence-corrected chi connectivity index (χ2v) is 17.3. The molecule has 2 unspecified atom stereocenters. The molecule has 0 bridgehead atoms. The van der Waals surface area contributed by atoms with E-state index in [1.165, 1.54) is 140 Å². The molecule has 0 amide bonds. The molecule has 254 valence electrons. The molecule has 0 saturated heterocycles. The second-order valence-electron chi connectivity index (χ2n) is 17.3. The van der Waals surface area contributed by atoms with E-state index in [1.807, 2.05) is 0 Å². The summed E-state index contributed by atoms with van der Waals surface area (Å²) in [4.78, 5) is 0. The molecule has 0 spiro atoms. The Labute approximate surface area is 285 Å². The summed E-state index contributed by atoms with van der Waals surface area (Å²) in [6.07, 6.45) is 29.4. The molecule has 0 nitrogen and oxygen atoms in total. The topological polar surface area (TPSA) is 0 Å². The van der Waals surface area contributed by atoms with Crippen molar-refractivity contribution in [2.24, 2.45) is 35.5 Å². The van der Waals surface area contributed by atoms with Gasteiger partial charge in [0.15, 0.2) is 0 Å². The molecule has 6 rings (SSSR count). The van der Waals surface area contributed by atoms with Crippen LogP contribution in [0.15, 0.2) is 48.5 Å². The van der Waals surface area contributed by atoms with Crippen LogP contribution in [0.5, 0.6) is 0 Å². The maximum absolute atomic E-state index is 2.50. The third kappa shape index (κ3) is 8.53. The van der Waals surface area contributed by atoms with Crippen molar-refractivity contribution in [3.63, 3.8) is 0 Å². The van der Waals surface area contributed by atoms with Gasteiger partial charge >= 0.3 is 0 Å². The molecule has 2 aromatic carbocycles. The van der Waals surface area contributed by atoms with Crippen molar-refractivity contribution < 1.29 is 0 Å². The zero-order chi connectivity index (χ0) is 31.9. The summed E-state index contributed by atoms with van der Waals surface area (Å²) >= 11 is 0. The highest BCUT2D eigenvalue weighted by Gasteiger charge is 2.32. The van der Waals surface area contributed by atoms with Gasteiger partial charge in [0.05, 0.1) is 0 Å². The molecule has 0 N–H and O–H groups in total.